The molecule has 1 aliphatic heterocycles. The van der Waals surface area contributed by atoms with Gasteiger partial charge >= 0.3 is 0 Å². The van der Waals surface area contributed by atoms with E-state index in [0.29, 0.717) is 23.6 Å². The monoisotopic (exact) mass is 329 g/mol. The van der Waals surface area contributed by atoms with Crippen molar-refractivity contribution in [3.8, 4) is 0 Å². The lowest BCUT2D eigenvalue weighted by molar-refractivity contribution is 0.0730. The number of nitrogens with zero attached hydrogens (tertiary/aromatic N) is 5. The van der Waals surface area contributed by atoms with Gasteiger partial charge in [-0.05, 0) is 40.8 Å². The second-order valence-electron chi connectivity index (χ2n) is 6.53. The number of aromatic nitrogens is 3. The van der Waals surface area contributed by atoms with Crippen molar-refractivity contribution >= 4 is 5.91 Å². The van der Waals surface area contributed by atoms with E-state index in [-0.39, 0.29) is 11.9 Å². The van der Waals surface area contributed by atoms with Gasteiger partial charge in [0.1, 0.15) is 11.3 Å². The summed E-state index contributed by atoms with van der Waals surface area (Å²) in [6.45, 7) is 5.01. The Kier molecular flexibility index (Phi) is 4.62. The van der Waals surface area contributed by atoms with Crippen molar-refractivity contribution in [2.24, 2.45) is 0 Å². The smallest absolute Gasteiger partial charge is 0.259 e. The summed E-state index contributed by atoms with van der Waals surface area (Å²) in [5, 5.41) is 3.90. The summed E-state index contributed by atoms with van der Waals surface area (Å²) >= 11 is 0. The van der Waals surface area contributed by atoms with Crippen molar-refractivity contribution in [1.29, 1.82) is 0 Å². The van der Waals surface area contributed by atoms with Gasteiger partial charge in [0.2, 0.25) is 0 Å². The fraction of sp³-hybridized carbons (Fsp3) is 0.529. The number of amides is 1. The molecule has 1 atom stereocenters. The Balaban J connectivity index is 1.87. The summed E-state index contributed by atoms with van der Waals surface area (Å²) < 4.78 is 5.15. The molecule has 1 saturated heterocycles. The minimum Gasteiger partial charge on any atom is -0.361 e. The molecule has 3 rings (SSSR count). The molecule has 1 aliphatic rings. The first-order valence-electron chi connectivity index (χ1n) is 8.16. The molecule has 7 nitrogen and oxygen atoms in total. The molecular weight excluding hydrogens is 306 g/mol. The van der Waals surface area contributed by atoms with E-state index in [0.717, 1.165) is 30.8 Å². The van der Waals surface area contributed by atoms with E-state index in [9.17, 15) is 4.79 Å². The number of aryl methyl sites for hydroxylation is 2. The lowest BCUT2D eigenvalue weighted by Gasteiger charge is -2.24. The summed E-state index contributed by atoms with van der Waals surface area (Å²) in [4.78, 5) is 25.9. The van der Waals surface area contributed by atoms with Crippen LogP contribution in [0.2, 0.25) is 0 Å². The Labute approximate surface area is 141 Å². The van der Waals surface area contributed by atoms with E-state index >= 15 is 0 Å². The molecule has 0 radical (unpaired) electrons. The van der Waals surface area contributed by atoms with Crippen LogP contribution in [0.4, 0.5) is 0 Å². The van der Waals surface area contributed by atoms with Crippen LogP contribution in [0.5, 0.6) is 0 Å². The highest BCUT2D eigenvalue weighted by molar-refractivity contribution is 5.96. The molecular formula is C17H23N5O2. The van der Waals surface area contributed by atoms with E-state index in [2.05, 4.69) is 15.0 Å². The van der Waals surface area contributed by atoms with Crippen LogP contribution >= 0.6 is 0 Å². The molecule has 0 unspecified atom stereocenters. The molecule has 3 heterocycles. The zero-order chi connectivity index (χ0) is 17.3. The Morgan fingerprint density at radius 3 is 2.83 bits per heavy atom. The maximum atomic E-state index is 13.0. The third-order valence-electron chi connectivity index (χ3n) is 4.28. The van der Waals surface area contributed by atoms with Gasteiger partial charge in [-0.15, -0.1) is 0 Å². The van der Waals surface area contributed by atoms with Gasteiger partial charge < -0.3 is 14.3 Å². The Morgan fingerprint density at radius 1 is 1.38 bits per heavy atom. The van der Waals surface area contributed by atoms with E-state index in [1.807, 2.05) is 19.0 Å². The van der Waals surface area contributed by atoms with Crippen molar-refractivity contribution < 1.29 is 9.32 Å². The molecule has 7 heteroatoms. The predicted molar refractivity (Wildman–Crippen MR) is 88.4 cm³/mol. The van der Waals surface area contributed by atoms with Crippen LogP contribution in [0, 0.1) is 13.8 Å². The highest BCUT2D eigenvalue weighted by Crippen LogP contribution is 2.33. The maximum Gasteiger partial charge on any atom is 0.259 e. The molecule has 2 aromatic heterocycles. The minimum atomic E-state index is -0.0409. The topological polar surface area (TPSA) is 75.4 Å². The fourth-order valence-electron chi connectivity index (χ4n) is 3.23. The maximum absolute atomic E-state index is 13.0. The molecule has 1 amide bonds. The number of hydrogen-bond donors (Lipinski definition) is 0. The first-order valence-corrected chi connectivity index (χ1v) is 8.16. The van der Waals surface area contributed by atoms with Gasteiger partial charge in [0.15, 0.2) is 0 Å². The van der Waals surface area contributed by atoms with Crippen LogP contribution in [-0.4, -0.2) is 51.5 Å². The average molecular weight is 329 g/mol. The first kappa shape index (κ1) is 16.6. The highest BCUT2D eigenvalue weighted by Gasteiger charge is 2.34. The van der Waals surface area contributed by atoms with Gasteiger partial charge in [0, 0.05) is 19.3 Å². The van der Waals surface area contributed by atoms with Gasteiger partial charge in [-0.25, -0.2) is 0 Å². The van der Waals surface area contributed by atoms with Crippen LogP contribution in [0.3, 0.4) is 0 Å². The SMILES string of the molecule is Cc1noc(C)c1C(=O)N1CCC[C@@H]1c1cncc(CN(C)C)n1. The molecule has 0 aliphatic carbocycles. The summed E-state index contributed by atoms with van der Waals surface area (Å²) in [7, 11) is 3.99. The summed E-state index contributed by atoms with van der Waals surface area (Å²) in [5.74, 6) is 0.532. The minimum absolute atomic E-state index is 0.0337. The lowest BCUT2D eigenvalue weighted by Crippen LogP contribution is -2.32. The Hall–Kier alpha value is -2.28. The van der Waals surface area contributed by atoms with Crippen LogP contribution in [0.1, 0.15) is 52.1 Å². The molecule has 0 spiro atoms. The second kappa shape index (κ2) is 6.68. The zero-order valence-electron chi connectivity index (χ0n) is 14.6. The average Bonchev–Trinajstić information content (AvgIpc) is 3.13. The van der Waals surface area contributed by atoms with E-state index in [1.54, 1.807) is 26.2 Å². The van der Waals surface area contributed by atoms with Gasteiger partial charge in [-0.2, -0.15) is 0 Å². The summed E-state index contributed by atoms with van der Waals surface area (Å²) in [6.07, 6.45) is 5.40. The molecule has 0 N–H and O–H groups in total. The largest absolute Gasteiger partial charge is 0.361 e. The number of carbonyl (C=O) groups is 1. The molecule has 0 aromatic carbocycles. The Morgan fingerprint density at radius 2 is 2.17 bits per heavy atom. The predicted octanol–water partition coefficient (Wildman–Crippen LogP) is 2.12. The molecule has 0 saturated carbocycles. The molecule has 128 valence electrons. The number of likely N-dealkylation sites (tertiary alicyclic amines) is 1. The standard InChI is InChI=1S/C17H23N5O2/c1-11-16(12(2)24-20-11)17(23)22-7-5-6-15(22)14-9-18-8-13(19-14)10-21(3)4/h8-9,15H,5-7,10H2,1-4H3/t15-/m1/s1. The van der Waals surface area contributed by atoms with E-state index in [4.69, 9.17) is 9.51 Å². The van der Waals surface area contributed by atoms with Gasteiger partial charge in [-0.1, -0.05) is 5.16 Å². The van der Waals surface area contributed by atoms with E-state index < -0.39 is 0 Å². The molecule has 2 aromatic rings. The van der Waals surface area contributed by atoms with E-state index in [1.165, 1.54) is 0 Å². The second-order valence-corrected chi connectivity index (χ2v) is 6.53. The lowest BCUT2D eigenvalue weighted by atomic mass is 10.1. The van der Waals surface area contributed by atoms with Gasteiger partial charge in [0.05, 0.1) is 29.3 Å². The highest BCUT2D eigenvalue weighted by atomic mass is 16.5. The first-order chi connectivity index (χ1) is 11.5. The molecule has 0 bridgehead atoms. The van der Waals surface area contributed by atoms with Crippen LogP contribution in [0.25, 0.3) is 0 Å². The van der Waals surface area contributed by atoms with Crippen molar-refractivity contribution in [1.82, 2.24) is 24.9 Å². The fourth-order valence-corrected chi connectivity index (χ4v) is 3.23. The van der Waals surface area contributed by atoms with Gasteiger partial charge in [0.25, 0.3) is 5.91 Å². The van der Waals surface area contributed by atoms with Crippen molar-refractivity contribution in [3.05, 3.63) is 40.8 Å². The van der Waals surface area contributed by atoms with Crippen molar-refractivity contribution in [2.45, 2.75) is 39.3 Å². The third kappa shape index (κ3) is 3.17. The zero-order valence-corrected chi connectivity index (χ0v) is 14.6. The third-order valence-corrected chi connectivity index (χ3v) is 4.28. The molecule has 1 fully saturated rings. The van der Waals surface area contributed by atoms with Crippen molar-refractivity contribution in [2.75, 3.05) is 20.6 Å². The number of hydrogen-bond acceptors (Lipinski definition) is 6. The number of rotatable bonds is 4. The quantitative estimate of drug-likeness (QED) is 0.855. The van der Waals surface area contributed by atoms with Crippen LogP contribution in [0.15, 0.2) is 16.9 Å². The Bertz CT molecular complexity index is 721. The van der Waals surface area contributed by atoms with Crippen molar-refractivity contribution in [3.63, 3.8) is 0 Å². The normalized spacial score (nSPS) is 17.7. The van der Waals surface area contributed by atoms with Gasteiger partial charge in [-0.3, -0.25) is 14.8 Å². The molecule has 24 heavy (non-hydrogen) atoms. The summed E-state index contributed by atoms with van der Waals surface area (Å²) in [6, 6.07) is -0.0409. The van der Waals surface area contributed by atoms with Crippen LogP contribution < -0.4 is 0 Å². The summed E-state index contributed by atoms with van der Waals surface area (Å²) in [5.41, 5.74) is 2.97. The van der Waals surface area contributed by atoms with Crippen LogP contribution in [-0.2, 0) is 6.54 Å². The number of carbonyl (C=O) groups excluding carboxylic acids is 1.